The number of aromatic nitrogens is 1. The van der Waals surface area contributed by atoms with Gasteiger partial charge in [0.2, 0.25) is 0 Å². The summed E-state index contributed by atoms with van der Waals surface area (Å²) < 4.78 is 0.878. The first kappa shape index (κ1) is 13.5. The van der Waals surface area contributed by atoms with Crippen molar-refractivity contribution in [3.05, 3.63) is 52.3 Å². The van der Waals surface area contributed by atoms with Crippen LogP contribution >= 0.6 is 15.9 Å². The number of carbonyl (C=O) groups is 1. The molecule has 1 aromatic carbocycles. The Kier molecular flexibility index (Phi) is 3.85. The standard InChI is InChI=1S/C14H14BrN3O/c1-9-4-3-7-17-13(9)14(19)18(2)12-6-5-10(15)8-11(12)16/h3-8H,16H2,1-2H3. The number of aryl methyl sites for hydroxylation is 1. The van der Waals surface area contributed by atoms with Crippen LogP contribution in [-0.2, 0) is 0 Å². The Balaban J connectivity index is 2.37. The van der Waals surface area contributed by atoms with Gasteiger partial charge in [-0.15, -0.1) is 0 Å². The minimum Gasteiger partial charge on any atom is -0.397 e. The van der Waals surface area contributed by atoms with Crippen LogP contribution in [0.15, 0.2) is 41.0 Å². The maximum Gasteiger partial charge on any atom is 0.276 e. The number of carbonyl (C=O) groups excluding carboxylic acids is 1. The first-order valence-electron chi connectivity index (χ1n) is 5.75. The van der Waals surface area contributed by atoms with Gasteiger partial charge in [0.1, 0.15) is 5.69 Å². The molecule has 0 radical (unpaired) electrons. The van der Waals surface area contributed by atoms with Crippen LogP contribution < -0.4 is 10.6 Å². The molecule has 1 heterocycles. The summed E-state index contributed by atoms with van der Waals surface area (Å²) in [5.41, 5.74) is 8.42. The van der Waals surface area contributed by atoms with E-state index in [0.717, 1.165) is 10.0 Å². The molecule has 2 aromatic rings. The van der Waals surface area contributed by atoms with Crippen LogP contribution in [0.25, 0.3) is 0 Å². The zero-order valence-electron chi connectivity index (χ0n) is 10.7. The Bertz CT molecular complexity index is 628. The van der Waals surface area contributed by atoms with Gasteiger partial charge in [-0.25, -0.2) is 0 Å². The molecular weight excluding hydrogens is 306 g/mol. The van der Waals surface area contributed by atoms with Crippen molar-refractivity contribution in [2.75, 3.05) is 17.7 Å². The largest absolute Gasteiger partial charge is 0.397 e. The minimum atomic E-state index is -0.174. The zero-order valence-corrected chi connectivity index (χ0v) is 12.3. The highest BCUT2D eigenvalue weighted by Gasteiger charge is 2.18. The van der Waals surface area contributed by atoms with Crippen molar-refractivity contribution in [1.82, 2.24) is 4.98 Å². The number of halogens is 1. The van der Waals surface area contributed by atoms with Gasteiger partial charge in [-0.3, -0.25) is 9.78 Å². The van der Waals surface area contributed by atoms with E-state index < -0.39 is 0 Å². The third-order valence-corrected chi connectivity index (χ3v) is 3.36. The fourth-order valence-corrected chi connectivity index (χ4v) is 2.19. The van der Waals surface area contributed by atoms with Gasteiger partial charge < -0.3 is 10.6 Å². The lowest BCUT2D eigenvalue weighted by Crippen LogP contribution is -2.28. The zero-order chi connectivity index (χ0) is 14.0. The first-order chi connectivity index (χ1) is 9.00. The van der Waals surface area contributed by atoms with Crippen LogP contribution in [0, 0.1) is 6.92 Å². The predicted molar refractivity (Wildman–Crippen MR) is 80.3 cm³/mol. The molecule has 0 atom stereocenters. The van der Waals surface area contributed by atoms with Gasteiger partial charge >= 0.3 is 0 Å². The fraction of sp³-hybridized carbons (Fsp3) is 0.143. The van der Waals surface area contributed by atoms with Crippen molar-refractivity contribution in [3.8, 4) is 0 Å². The van der Waals surface area contributed by atoms with Crippen molar-refractivity contribution in [1.29, 1.82) is 0 Å². The van der Waals surface area contributed by atoms with Gasteiger partial charge in [0.05, 0.1) is 11.4 Å². The van der Waals surface area contributed by atoms with Crippen molar-refractivity contribution in [2.24, 2.45) is 0 Å². The average Bonchev–Trinajstić information content (AvgIpc) is 2.38. The lowest BCUT2D eigenvalue weighted by atomic mass is 10.2. The molecule has 0 saturated carbocycles. The number of hydrogen-bond acceptors (Lipinski definition) is 3. The van der Waals surface area contributed by atoms with Gasteiger partial charge in [-0.05, 0) is 36.8 Å². The van der Waals surface area contributed by atoms with Crippen molar-refractivity contribution < 1.29 is 4.79 Å². The maximum atomic E-state index is 12.4. The molecule has 1 aromatic heterocycles. The summed E-state index contributed by atoms with van der Waals surface area (Å²) >= 11 is 3.34. The summed E-state index contributed by atoms with van der Waals surface area (Å²) in [5.74, 6) is -0.174. The van der Waals surface area contributed by atoms with Crippen molar-refractivity contribution >= 4 is 33.2 Å². The number of hydrogen-bond donors (Lipinski definition) is 1. The third-order valence-electron chi connectivity index (χ3n) is 2.87. The molecule has 0 unspecified atom stereocenters. The normalized spacial score (nSPS) is 10.3. The lowest BCUT2D eigenvalue weighted by Gasteiger charge is -2.19. The van der Waals surface area contributed by atoms with Crippen LogP contribution in [0.5, 0.6) is 0 Å². The molecule has 19 heavy (non-hydrogen) atoms. The second kappa shape index (κ2) is 5.40. The van der Waals surface area contributed by atoms with Crippen LogP contribution in [-0.4, -0.2) is 17.9 Å². The quantitative estimate of drug-likeness (QED) is 0.865. The highest BCUT2D eigenvalue weighted by molar-refractivity contribution is 9.10. The summed E-state index contributed by atoms with van der Waals surface area (Å²) in [6, 6.07) is 9.08. The minimum absolute atomic E-state index is 0.174. The fourth-order valence-electron chi connectivity index (χ4n) is 1.81. The van der Waals surface area contributed by atoms with E-state index in [2.05, 4.69) is 20.9 Å². The van der Waals surface area contributed by atoms with Gasteiger partial charge in [0.15, 0.2) is 0 Å². The maximum absolute atomic E-state index is 12.4. The van der Waals surface area contributed by atoms with Gasteiger partial charge in [0, 0.05) is 17.7 Å². The number of benzene rings is 1. The Labute approximate surface area is 120 Å². The van der Waals surface area contributed by atoms with Gasteiger partial charge in [0.25, 0.3) is 5.91 Å². The second-order valence-corrected chi connectivity index (χ2v) is 5.15. The van der Waals surface area contributed by atoms with Gasteiger partial charge in [-0.1, -0.05) is 22.0 Å². The van der Waals surface area contributed by atoms with Gasteiger partial charge in [-0.2, -0.15) is 0 Å². The predicted octanol–water partition coefficient (Wildman–Crippen LogP) is 3.01. The molecule has 5 heteroatoms. The summed E-state index contributed by atoms with van der Waals surface area (Å²) in [6.07, 6.45) is 1.61. The number of rotatable bonds is 2. The van der Waals surface area contributed by atoms with Crippen LogP contribution in [0.4, 0.5) is 11.4 Å². The molecule has 2 rings (SSSR count). The SMILES string of the molecule is Cc1cccnc1C(=O)N(C)c1ccc(Br)cc1N. The van der Waals surface area contributed by atoms with Crippen LogP contribution in [0.3, 0.4) is 0 Å². The Morgan fingerprint density at radius 2 is 2.11 bits per heavy atom. The monoisotopic (exact) mass is 319 g/mol. The molecule has 0 aliphatic carbocycles. The van der Waals surface area contributed by atoms with Crippen molar-refractivity contribution in [2.45, 2.75) is 6.92 Å². The molecule has 0 aliphatic heterocycles. The number of pyridine rings is 1. The molecule has 98 valence electrons. The molecule has 0 aliphatic rings. The molecule has 4 nitrogen and oxygen atoms in total. The highest BCUT2D eigenvalue weighted by Crippen LogP contribution is 2.27. The number of nitrogens with zero attached hydrogens (tertiary/aromatic N) is 2. The van der Waals surface area contributed by atoms with E-state index in [0.29, 0.717) is 17.1 Å². The number of amides is 1. The summed E-state index contributed by atoms with van der Waals surface area (Å²) in [6.45, 7) is 1.86. The van der Waals surface area contributed by atoms with Crippen molar-refractivity contribution in [3.63, 3.8) is 0 Å². The molecule has 2 N–H and O–H groups in total. The second-order valence-electron chi connectivity index (χ2n) is 4.24. The molecule has 0 fully saturated rings. The third kappa shape index (κ3) is 2.76. The van der Waals surface area contributed by atoms with E-state index in [4.69, 9.17) is 5.73 Å². The lowest BCUT2D eigenvalue weighted by molar-refractivity contribution is 0.0987. The van der Waals surface area contributed by atoms with E-state index in [1.807, 2.05) is 19.1 Å². The van der Waals surface area contributed by atoms with E-state index in [9.17, 15) is 4.79 Å². The number of nitrogens with two attached hydrogens (primary N) is 1. The Hall–Kier alpha value is -1.88. The molecule has 0 saturated heterocycles. The number of nitrogen functional groups attached to an aromatic ring is 1. The van der Waals surface area contributed by atoms with E-state index in [1.54, 1.807) is 31.4 Å². The Morgan fingerprint density at radius 3 is 2.74 bits per heavy atom. The highest BCUT2D eigenvalue weighted by atomic mass is 79.9. The average molecular weight is 320 g/mol. The van der Waals surface area contributed by atoms with E-state index in [1.165, 1.54) is 4.90 Å². The number of anilines is 2. The first-order valence-corrected chi connectivity index (χ1v) is 6.54. The topological polar surface area (TPSA) is 59.2 Å². The van der Waals surface area contributed by atoms with E-state index >= 15 is 0 Å². The summed E-state index contributed by atoms with van der Waals surface area (Å²) in [5, 5.41) is 0. The molecular formula is C14H14BrN3O. The van der Waals surface area contributed by atoms with Crippen LogP contribution in [0.1, 0.15) is 16.1 Å². The molecule has 1 amide bonds. The molecule has 0 spiro atoms. The smallest absolute Gasteiger partial charge is 0.276 e. The summed E-state index contributed by atoms with van der Waals surface area (Å²) in [4.78, 5) is 18.0. The van der Waals surface area contributed by atoms with Crippen LogP contribution in [0.2, 0.25) is 0 Å². The Morgan fingerprint density at radius 1 is 1.37 bits per heavy atom. The molecule has 0 bridgehead atoms. The summed E-state index contributed by atoms with van der Waals surface area (Å²) in [7, 11) is 1.69. The van der Waals surface area contributed by atoms with E-state index in [-0.39, 0.29) is 5.91 Å².